The van der Waals surface area contributed by atoms with Crippen LogP contribution in [0, 0.1) is 0 Å². The highest BCUT2D eigenvalue weighted by atomic mass is 16.3. The largest absolute Gasteiger partial charge is 0.506 e. The lowest BCUT2D eigenvalue weighted by Crippen LogP contribution is -2.31. The molecule has 2 unspecified atom stereocenters. The summed E-state index contributed by atoms with van der Waals surface area (Å²) in [7, 11) is 0. The topological polar surface area (TPSA) is 43.5 Å². The molecule has 0 spiro atoms. The van der Waals surface area contributed by atoms with Crippen LogP contribution in [0.25, 0.3) is 16.3 Å². The first-order valence-corrected chi connectivity index (χ1v) is 16.3. The summed E-state index contributed by atoms with van der Waals surface area (Å²) in [5.74, 6) is 0.610. The van der Waals surface area contributed by atoms with Gasteiger partial charge in [-0.3, -0.25) is 4.79 Å². The Kier molecular flexibility index (Phi) is 6.20. The summed E-state index contributed by atoms with van der Waals surface area (Å²) in [6, 6.07) is 30.5. The van der Waals surface area contributed by atoms with Crippen molar-refractivity contribution >= 4 is 44.9 Å². The molecule has 4 aromatic carbocycles. The summed E-state index contributed by atoms with van der Waals surface area (Å²) >= 11 is 0. The predicted octanol–water partition coefficient (Wildman–Crippen LogP) is 9.28. The minimum Gasteiger partial charge on any atom is -0.506 e. The summed E-state index contributed by atoms with van der Waals surface area (Å²) in [5, 5.41) is 13.8. The lowest BCUT2D eigenvalue weighted by Gasteiger charge is -2.28. The van der Waals surface area contributed by atoms with E-state index in [1.54, 1.807) is 0 Å². The van der Waals surface area contributed by atoms with Gasteiger partial charge in [0.25, 0.3) is 0 Å². The second-order valence-corrected chi connectivity index (χ2v) is 13.4. The SMILES string of the molecule is CCCC[N+]1=C(/C=C2\C(=O)C(c3ccc(N4c5ccccc5C5CCCC54)cc3)=C2O)C(C)(C)c2c1ccc1ccccc21. The number of Topliss-reactive ketones (excluding diaryl/α,β-unsaturated/α-hetero) is 1. The zero-order valence-electron chi connectivity index (χ0n) is 25.8. The molecule has 1 fully saturated rings. The number of fused-ring (bicyclic) bond motifs is 6. The standard InChI is InChI=1S/C40H38N2O2/c1-4-5-23-41-34-22-19-25-11-6-7-12-28(25)37(34)40(2,3)35(41)24-31-38(43)36(39(31)44)26-17-20-27(21-18-26)42-32-15-9-8-13-29(32)30-14-10-16-33(30)42/h6-9,11-13,15,17-22,24,30,33H,4-5,10,14,16,23H2,1-3H3/p+1. The van der Waals surface area contributed by atoms with Gasteiger partial charge in [-0.1, -0.05) is 74.4 Å². The molecule has 0 aromatic heterocycles. The van der Waals surface area contributed by atoms with Crippen molar-refractivity contribution in [2.24, 2.45) is 0 Å². The van der Waals surface area contributed by atoms with Crippen molar-refractivity contribution in [3.8, 4) is 0 Å². The number of aliphatic hydroxyl groups is 1. The maximum absolute atomic E-state index is 13.7. The summed E-state index contributed by atoms with van der Waals surface area (Å²) in [4.78, 5) is 16.2. The first-order chi connectivity index (χ1) is 21.4. The third kappa shape index (κ3) is 3.83. The van der Waals surface area contributed by atoms with Crippen molar-refractivity contribution in [1.82, 2.24) is 0 Å². The molecule has 8 rings (SSSR count). The highest BCUT2D eigenvalue weighted by Crippen LogP contribution is 2.52. The van der Waals surface area contributed by atoms with E-state index >= 15 is 0 Å². The number of carbonyl (C=O) groups is 1. The molecule has 1 saturated carbocycles. The van der Waals surface area contributed by atoms with Crippen LogP contribution in [0.15, 0.2) is 102 Å². The number of allylic oxidation sites excluding steroid dienone is 3. The fourth-order valence-electron chi connectivity index (χ4n) is 8.44. The molecule has 2 heterocycles. The molecule has 2 aliphatic carbocycles. The average molecular weight is 580 g/mol. The van der Waals surface area contributed by atoms with E-state index in [9.17, 15) is 9.90 Å². The predicted molar refractivity (Wildman–Crippen MR) is 180 cm³/mol. The van der Waals surface area contributed by atoms with Crippen molar-refractivity contribution in [2.45, 2.75) is 70.3 Å². The van der Waals surface area contributed by atoms with E-state index in [4.69, 9.17) is 0 Å². The molecule has 0 amide bonds. The molecule has 4 aromatic rings. The number of nitrogens with zero attached hydrogens (tertiary/aromatic N) is 2. The normalized spacial score (nSPS) is 22.6. The van der Waals surface area contributed by atoms with Gasteiger partial charge in [-0.15, -0.1) is 0 Å². The van der Waals surface area contributed by atoms with Crippen molar-refractivity contribution in [2.75, 3.05) is 11.4 Å². The lowest BCUT2D eigenvalue weighted by atomic mass is 9.76. The Balaban J connectivity index is 1.15. The smallest absolute Gasteiger partial charge is 0.210 e. The molecule has 0 radical (unpaired) electrons. The van der Waals surface area contributed by atoms with Crippen molar-refractivity contribution < 1.29 is 14.5 Å². The van der Waals surface area contributed by atoms with Gasteiger partial charge in [0.15, 0.2) is 5.71 Å². The summed E-state index contributed by atoms with van der Waals surface area (Å²) < 4.78 is 2.37. The number of ketones is 1. The van der Waals surface area contributed by atoms with Gasteiger partial charge in [-0.25, -0.2) is 0 Å². The number of hydrogen-bond donors (Lipinski definition) is 1. The molecular weight excluding hydrogens is 540 g/mol. The summed E-state index contributed by atoms with van der Waals surface area (Å²) in [6.45, 7) is 7.56. The third-order valence-corrected chi connectivity index (χ3v) is 10.6. The maximum Gasteiger partial charge on any atom is 0.210 e. The summed E-state index contributed by atoms with van der Waals surface area (Å²) in [5.41, 5.74) is 8.76. The number of benzene rings is 4. The second kappa shape index (κ2) is 10.1. The molecule has 220 valence electrons. The molecule has 2 atom stereocenters. The lowest BCUT2D eigenvalue weighted by molar-refractivity contribution is -0.438. The number of unbranched alkanes of at least 4 members (excludes halogenated alkanes) is 1. The summed E-state index contributed by atoms with van der Waals surface area (Å²) in [6.07, 6.45) is 7.79. The number of carbonyl (C=O) groups excluding carboxylic acids is 1. The Bertz CT molecular complexity index is 1940. The first-order valence-electron chi connectivity index (χ1n) is 16.3. The van der Waals surface area contributed by atoms with Crippen LogP contribution in [0.3, 0.4) is 0 Å². The number of hydrogen-bond acceptors (Lipinski definition) is 3. The van der Waals surface area contributed by atoms with Gasteiger partial charge in [-0.05, 0) is 72.9 Å². The maximum atomic E-state index is 13.7. The van der Waals surface area contributed by atoms with Crippen LogP contribution in [0.4, 0.5) is 17.1 Å². The molecular formula is C40H39N2O2+. The van der Waals surface area contributed by atoms with Gasteiger partial charge in [0.05, 0.1) is 16.6 Å². The Morgan fingerprint density at radius 1 is 0.955 bits per heavy atom. The molecule has 2 aliphatic heterocycles. The molecule has 0 saturated heterocycles. The zero-order valence-corrected chi connectivity index (χ0v) is 25.8. The molecule has 4 nitrogen and oxygen atoms in total. The van der Waals surface area contributed by atoms with Crippen molar-refractivity contribution in [1.29, 1.82) is 0 Å². The Morgan fingerprint density at radius 2 is 1.73 bits per heavy atom. The van der Waals surface area contributed by atoms with E-state index in [-0.39, 0.29) is 17.0 Å². The van der Waals surface area contributed by atoms with E-state index in [1.807, 2.05) is 18.2 Å². The number of para-hydroxylation sites is 1. The molecule has 44 heavy (non-hydrogen) atoms. The van der Waals surface area contributed by atoms with Gasteiger partial charge in [0.1, 0.15) is 12.3 Å². The zero-order chi connectivity index (χ0) is 30.2. The fourth-order valence-corrected chi connectivity index (χ4v) is 8.44. The van der Waals surface area contributed by atoms with Gasteiger partial charge in [-0.2, -0.15) is 4.58 Å². The van der Waals surface area contributed by atoms with Crippen LogP contribution in [0.1, 0.15) is 75.5 Å². The Morgan fingerprint density at radius 3 is 2.52 bits per heavy atom. The number of rotatable bonds is 6. The van der Waals surface area contributed by atoms with Gasteiger partial charge >= 0.3 is 0 Å². The quantitative estimate of drug-likeness (QED) is 0.183. The molecule has 4 aliphatic rings. The molecule has 1 N–H and O–H groups in total. The highest BCUT2D eigenvalue weighted by molar-refractivity contribution is 6.40. The van der Waals surface area contributed by atoms with Crippen LogP contribution in [-0.2, 0) is 10.2 Å². The number of anilines is 2. The van der Waals surface area contributed by atoms with Gasteiger partial charge in [0, 0.05) is 47.5 Å². The fraction of sp³-hybridized carbons (Fsp3) is 0.300. The first kappa shape index (κ1) is 27.1. The minimum absolute atomic E-state index is 0.0859. The Labute approximate surface area is 259 Å². The van der Waals surface area contributed by atoms with E-state index in [2.05, 4.69) is 103 Å². The Hall–Kier alpha value is -4.44. The van der Waals surface area contributed by atoms with Crippen LogP contribution < -0.4 is 4.90 Å². The molecule has 0 bridgehead atoms. The monoisotopic (exact) mass is 579 g/mol. The van der Waals surface area contributed by atoms with E-state index in [1.165, 1.54) is 52.5 Å². The van der Waals surface area contributed by atoms with Crippen LogP contribution in [0.2, 0.25) is 0 Å². The molecule has 4 heteroatoms. The van der Waals surface area contributed by atoms with E-state index in [0.29, 0.717) is 23.1 Å². The average Bonchev–Trinajstić information content (AvgIpc) is 3.69. The third-order valence-electron chi connectivity index (χ3n) is 10.6. The number of aliphatic hydroxyl groups excluding tert-OH is 1. The highest BCUT2D eigenvalue weighted by Gasteiger charge is 2.48. The van der Waals surface area contributed by atoms with Gasteiger partial charge < -0.3 is 10.0 Å². The van der Waals surface area contributed by atoms with Gasteiger partial charge in [0.2, 0.25) is 11.5 Å². The van der Waals surface area contributed by atoms with Crippen LogP contribution in [-0.4, -0.2) is 33.8 Å². The minimum atomic E-state index is -0.320. The van der Waals surface area contributed by atoms with E-state index in [0.717, 1.165) is 36.3 Å². The van der Waals surface area contributed by atoms with Crippen molar-refractivity contribution in [3.05, 3.63) is 119 Å². The van der Waals surface area contributed by atoms with E-state index < -0.39 is 0 Å². The van der Waals surface area contributed by atoms with Crippen LogP contribution >= 0.6 is 0 Å². The second-order valence-electron chi connectivity index (χ2n) is 13.4. The van der Waals surface area contributed by atoms with Crippen LogP contribution in [0.5, 0.6) is 0 Å². The van der Waals surface area contributed by atoms with Crippen molar-refractivity contribution in [3.63, 3.8) is 0 Å².